The number of carbonyl (C=O) groups is 2. The van der Waals surface area contributed by atoms with E-state index in [-0.39, 0.29) is 18.3 Å². The highest BCUT2D eigenvalue weighted by Crippen LogP contribution is 2.22. The molecule has 0 aliphatic carbocycles. The number of ether oxygens (including phenoxy) is 1. The molecule has 132 valence electrons. The average molecular weight is 352 g/mol. The van der Waals surface area contributed by atoms with Gasteiger partial charge in [-0.2, -0.15) is 0 Å². The number of anilines is 1. The molecule has 26 heavy (non-hydrogen) atoms. The van der Waals surface area contributed by atoms with E-state index in [0.717, 1.165) is 0 Å². The van der Waals surface area contributed by atoms with E-state index in [4.69, 9.17) is 4.74 Å². The van der Waals surface area contributed by atoms with Crippen molar-refractivity contribution in [2.24, 2.45) is 0 Å². The van der Waals surface area contributed by atoms with E-state index < -0.39 is 12.2 Å². The number of hydrogen-bond donors (Lipinski definition) is 1. The first-order chi connectivity index (χ1) is 12.5. The van der Waals surface area contributed by atoms with Crippen LogP contribution < -0.4 is 10.2 Å². The average Bonchev–Trinajstić information content (AvgIpc) is 3.00. The summed E-state index contributed by atoms with van der Waals surface area (Å²) in [5.41, 5.74) is 1.61. The summed E-state index contributed by atoms with van der Waals surface area (Å²) in [5.74, 6) is 5.15. The third-order valence-corrected chi connectivity index (χ3v) is 3.83. The van der Waals surface area contributed by atoms with E-state index in [1.165, 1.54) is 17.9 Å². The Bertz CT molecular complexity index is 901. The minimum absolute atomic E-state index is 0.176. The molecule has 0 radical (unpaired) electrons. The second-order valence-corrected chi connectivity index (χ2v) is 5.83. The molecule has 1 atom stereocenters. The molecule has 1 aliphatic heterocycles. The molecular weight excluding hydrogens is 335 g/mol. The van der Waals surface area contributed by atoms with Crippen LogP contribution >= 0.6 is 0 Å². The lowest BCUT2D eigenvalue weighted by atomic mass is 10.1. The molecular formula is C20H17FN2O3. The molecule has 6 heteroatoms. The van der Waals surface area contributed by atoms with E-state index in [1.54, 1.807) is 42.5 Å². The SMILES string of the molecule is CC(=O)NC[C@H]1CN(c2cccc(C#Cc3ccccc3F)c2)C(=O)O1. The van der Waals surface area contributed by atoms with Crippen molar-refractivity contribution in [3.63, 3.8) is 0 Å². The lowest BCUT2D eigenvalue weighted by Crippen LogP contribution is -2.33. The van der Waals surface area contributed by atoms with Gasteiger partial charge in [0.2, 0.25) is 5.91 Å². The lowest BCUT2D eigenvalue weighted by Gasteiger charge is -2.13. The van der Waals surface area contributed by atoms with Gasteiger partial charge in [0.1, 0.15) is 11.9 Å². The fourth-order valence-electron chi connectivity index (χ4n) is 2.55. The maximum absolute atomic E-state index is 13.6. The zero-order valence-electron chi connectivity index (χ0n) is 14.2. The summed E-state index contributed by atoms with van der Waals surface area (Å²) in [6.07, 6.45) is -0.876. The van der Waals surface area contributed by atoms with Crippen LogP contribution in [-0.2, 0) is 9.53 Å². The van der Waals surface area contributed by atoms with E-state index in [1.807, 2.05) is 0 Å². The number of rotatable bonds is 3. The summed E-state index contributed by atoms with van der Waals surface area (Å²) in [5, 5.41) is 2.63. The van der Waals surface area contributed by atoms with Crippen LogP contribution in [0.15, 0.2) is 48.5 Å². The molecule has 0 bridgehead atoms. The van der Waals surface area contributed by atoms with Gasteiger partial charge in [0.15, 0.2) is 0 Å². The fourth-order valence-corrected chi connectivity index (χ4v) is 2.55. The van der Waals surface area contributed by atoms with Crippen LogP contribution in [0.1, 0.15) is 18.1 Å². The van der Waals surface area contributed by atoms with Gasteiger partial charge in [-0.1, -0.05) is 30.0 Å². The van der Waals surface area contributed by atoms with Crippen molar-refractivity contribution in [2.75, 3.05) is 18.0 Å². The summed E-state index contributed by atoms with van der Waals surface area (Å²) in [4.78, 5) is 24.5. The maximum Gasteiger partial charge on any atom is 0.414 e. The zero-order valence-corrected chi connectivity index (χ0v) is 14.2. The third kappa shape index (κ3) is 4.19. The maximum atomic E-state index is 13.6. The number of nitrogens with one attached hydrogen (secondary N) is 1. The molecule has 0 unspecified atom stereocenters. The standard InChI is InChI=1S/C20H17FN2O3/c1-14(24)22-12-18-13-23(20(25)26-18)17-7-4-5-15(11-17)9-10-16-6-2-3-8-19(16)21/h2-8,11,18H,12-13H2,1H3,(H,22,24)/t18-/m0/s1. The van der Waals surface area contributed by atoms with E-state index in [0.29, 0.717) is 23.4 Å². The summed E-state index contributed by atoms with van der Waals surface area (Å²) < 4.78 is 18.9. The van der Waals surface area contributed by atoms with E-state index >= 15 is 0 Å². The van der Waals surface area contributed by atoms with Crippen molar-refractivity contribution in [1.29, 1.82) is 0 Å². The lowest BCUT2D eigenvalue weighted by molar-refractivity contribution is -0.119. The van der Waals surface area contributed by atoms with Crippen molar-refractivity contribution in [3.05, 3.63) is 65.5 Å². The van der Waals surface area contributed by atoms with Crippen molar-refractivity contribution >= 4 is 17.7 Å². The fraction of sp³-hybridized carbons (Fsp3) is 0.200. The summed E-state index contributed by atoms with van der Waals surface area (Å²) in [6, 6.07) is 13.4. The number of nitrogens with zero attached hydrogens (tertiary/aromatic N) is 1. The first-order valence-corrected chi connectivity index (χ1v) is 8.12. The van der Waals surface area contributed by atoms with Crippen LogP contribution in [0.2, 0.25) is 0 Å². The predicted octanol–water partition coefficient (Wildman–Crippen LogP) is 2.69. The third-order valence-electron chi connectivity index (χ3n) is 3.83. The first-order valence-electron chi connectivity index (χ1n) is 8.12. The largest absolute Gasteiger partial charge is 0.442 e. The number of hydrogen-bond acceptors (Lipinski definition) is 3. The summed E-state index contributed by atoms with van der Waals surface area (Å²) in [7, 11) is 0. The highest BCUT2D eigenvalue weighted by molar-refractivity contribution is 5.90. The topological polar surface area (TPSA) is 58.6 Å². The van der Waals surface area contributed by atoms with Gasteiger partial charge in [-0.3, -0.25) is 9.69 Å². The van der Waals surface area contributed by atoms with Gasteiger partial charge in [0.05, 0.1) is 18.7 Å². The minimum atomic E-state index is -0.473. The van der Waals surface area contributed by atoms with Crippen LogP contribution in [-0.4, -0.2) is 31.2 Å². The molecule has 3 rings (SSSR count). The van der Waals surface area contributed by atoms with Gasteiger partial charge in [-0.25, -0.2) is 9.18 Å². The second-order valence-electron chi connectivity index (χ2n) is 5.83. The van der Waals surface area contributed by atoms with Gasteiger partial charge >= 0.3 is 6.09 Å². The smallest absolute Gasteiger partial charge is 0.414 e. The predicted molar refractivity (Wildman–Crippen MR) is 95.1 cm³/mol. The monoisotopic (exact) mass is 352 g/mol. The van der Waals surface area contributed by atoms with Crippen LogP contribution in [0.25, 0.3) is 0 Å². The van der Waals surface area contributed by atoms with Crippen molar-refractivity contribution in [3.8, 4) is 11.8 Å². The molecule has 2 aromatic rings. The Morgan fingerprint density at radius 2 is 2.08 bits per heavy atom. The van der Waals surface area contributed by atoms with Crippen molar-refractivity contribution in [1.82, 2.24) is 5.32 Å². The van der Waals surface area contributed by atoms with E-state index in [2.05, 4.69) is 17.2 Å². The van der Waals surface area contributed by atoms with Gasteiger partial charge in [0.25, 0.3) is 0 Å². The Labute approximate surface area is 150 Å². The van der Waals surface area contributed by atoms with Gasteiger partial charge in [-0.05, 0) is 30.3 Å². The Kier molecular flexibility index (Phi) is 5.18. The molecule has 0 saturated carbocycles. The normalized spacial score (nSPS) is 15.8. The Balaban J connectivity index is 1.75. The Morgan fingerprint density at radius 1 is 1.27 bits per heavy atom. The molecule has 2 aromatic carbocycles. The molecule has 1 aliphatic rings. The number of benzene rings is 2. The van der Waals surface area contributed by atoms with Gasteiger partial charge in [0, 0.05) is 18.2 Å². The van der Waals surface area contributed by atoms with E-state index in [9.17, 15) is 14.0 Å². The quantitative estimate of drug-likeness (QED) is 0.864. The molecule has 1 heterocycles. The minimum Gasteiger partial charge on any atom is -0.442 e. The molecule has 0 spiro atoms. The van der Waals surface area contributed by atoms with Crippen LogP contribution in [0.5, 0.6) is 0 Å². The molecule has 1 saturated heterocycles. The van der Waals surface area contributed by atoms with Crippen LogP contribution in [0.3, 0.4) is 0 Å². The molecule has 0 aromatic heterocycles. The molecule has 1 N–H and O–H groups in total. The van der Waals surface area contributed by atoms with Crippen molar-refractivity contribution in [2.45, 2.75) is 13.0 Å². The number of cyclic esters (lactones) is 1. The summed E-state index contributed by atoms with van der Waals surface area (Å²) >= 11 is 0. The zero-order chi connectivity index (χ0) is 18.5. The first kappa shape index (κ1) is 17.5. The highest BCUT2D eigenvalue weighted by atomic mass is 19.1. The number of halogens is 1. The molecule has 2 amide bonds. The van der Waals surface area contributed by atoms with Crippen LogP contribution in [0, 0.1) is 17.7 Å². The van der Waals surface area contributed by atoms with Gasteiger partial charge < -0.3 is 10.1 Å². The number of amides is 2. The van der Waals surface area contributed by atoms with Gasteiger partial charge in [-0.15, -0.1) is 0 Å². The molecule has 1 fully saturated rings. The number of carbonyl (C=O) groups excluding carboxylic acids is 2. The molecule has 5 nitrogen and oxygen atoms in total. The van der Waals surface area contributed by atoms with Crippen molar-refractivity contribution < 1.29 is 18.7 Å². The highest BCUT2D eigenvalue weighted by Gasteiger charge is 2.32. The second kappa shape index (κ2) is 7.70. The Hall–Kier alpha value is -3.33. The Morgan fingerprint density at radius 3 is 2.85 bits per heavy atom. The summed E-state index contributed by atoms with van der Waals surface area (Å²) in [6.45, 7) is 2.01. The van der Waals surface area contributed by atoms with Crippen LogP contribution in [0.4, 0.5) is 14.9 Å².